The second kappa shape index (κ2) is 10.3. The van der Waals surface area contributed by atoms with Crippen molar-refractivity contribution in [3.05, 3.63) is 45.8 Å². The predicted octanol–water partition coefficient (Wildman–Crippen LogP) is 4.75. The van der Waals surface area contributed by atoms with E-state index in [1.807, 2.05) is 0 Å². The van der Waals surface area contributed by atoms with Crippen LogP contribution in [-0.4, -0.2) is 30.2 Å². The first kappa shape index (κ1) is 23.2. The van der Waals surface area contributed by atoms with Crippen molar-refractivity contribution in [1.82, 2.24) is 0 Å². The molecule has 33 heavy (non-hydrogen) atoms. The normalized spacial score (nSPS) is 15.5. The van der Waals surface area contributed by atoms with E-state index in [1.165, 1.54) is 18.3 Å². The topological polar surface area (TPSA) is 102 Å². The molecule has 1 heterocycles. The molecule has 0 spiro atoms. The monoisotopic (exact) mass is 468 g/mol. The Morgan fingerprint density at radius 2 is 1.82 bits per heavy atom. The average molecular weight is 469 g/mol. The third-order valence-electron chi connectivity index (χ3n) is 6.23. The number of hydrogen-bond donors (Lipinski definition) is 2. The minimum atomic E-state index is -0.596. The zero-order valence-corrected chi connectivity index (χ0v) is 19.5. The Kier molecular flexibility index (Phi) is 7.23. The van der Waals surface area contributed by atoms with Crippen LogP contribution in [-0.2, 0) is 27.2 Å². The molecule has 2 aliphatic carbocycles. The highest BCUT2D eigenvalue weighted by Gasteiger charge is 2.30. The number of benzene rings is 1. The summed E-state index contributed by atoms with van der Waals surface area (Å²) in [6.07, 6.45) is 7.63. The largest absolute Gasteiger partial charge is 0.452 e. The van der Waals surface area contributed by atoms with Crippen LogP contribution in [0.5, 0.6) is 0 Å². The first-order valence-electron chi connectivity index (χ1n) is 11.5. The maximum absolute atomic E-state index is 13.0. The van der Waals surface area contributed by atoms with Gasteiger partial charge in [-0.3, -0.25) is 14.4 Å². The summed E-state index contributed by atoms with van der Waals surface area (Å²) >= 11 is 1.45. The number of aryl methyl sites for hydroxylation is 1. The van der Waals surface area contributed by atoms with Gasteiger partial charge in [0.1, 0.15) is 5.00 Å². The fourth-order valence-corrected chi connectivity index (χ4v) is 5.78. The van der Waals surface area contributed by atoms with Gasteiger partial charge in [-0.1, -0.05) is 31.4 Å². The van der Waals surface area contributed by atoms with Gasteiger partial charge < -0.3 is 15.4 Å². The second-order valence-corrected chi connectivity index (χ2v) is 9.75. The van der Waals surface area contributed by atoms with E-state index < -0.39 is 18.5 Å². The molecule has 8 heteroatoms. The molecule has 0 unspecified atom stereocenters. The molecule has 0 atom stereocenters. The molecule has 2 N–H and O–H groups in total. The van der Waals surface area contributed by atoms with Crippen LogP contribution < -0.4 is 10.6 Å². The maximum Gasteiger partial charge on any atom is 0.341 e. The summed E-state index contributed by atoms with van der Waals surface area (Å²) in [6.45, 7) is 0.996. The van der Waals surface area contributed by atoms with Crippen LogP contribution in [0.15, 0.2) is 24.3 Å². The standard InChI is InChI=1S/C25H28N2O5S/c1-15(28)17-9-5-10-18(13-17)26-21(29)14-32-25(31)22-19-11-6-12-20(19)33-24(22)27-23(30)16-7-3-2-4-8-16/h5,9-10,13,16H,2-4,6-8,11-12,14H2,1H3,(H,26,29)(H,27,30). The molecule has 2 aliphatic rings. The van der Waals surface area contributed by atoms with Crippen molar-refractivity contribution in [1.29, 1.82) is 0 Å². The molecule has 0 saturated heterocycles. The van der Waals surface area contributed by atoms with Gasteiger partial charge in [0.25, 0.3) is 5.91 Å². The van der Waals surface area contributed by atoms with Gasteiger partial charge in [-0.15, -0.1) is 11.3 Å². The molecular weight excluding hydrogens is 440 g/mol. The molecule has 0 bridgehead atoms. The van der Waals surface area contributed by atoms with Crippen LogP contribution in [0, 0.1) is 5.92 Å². The highest BCUT2D eigenvalue weighted by molar-refractivity contribution is 7.17. The lowest BCUT2D eigenvalue weighted by atomic mass is 9.89. The summed E-state index contributed by atoms with van der Waals surface area (Å²) in [4.78, 5) is 50.7. The number of anilines is 2. The van der Waals surface area contributed by atoms with Gasteiger partial charge in [-0.2, -0.15) is 0 Å². The fraction of sp³-hybridized carbons (Fsp3) is 0.440. The Morgan fingerprint density at radius 3 is 2.58 bits per heavy atom. The number of hydrogen-bond acceptors (Lipinski definition) is 6. The van der Waals surface area contributed by atoms with Crippen LogP contribution in [0.25, 0.3) is 0 Å². The molecule has 1 fully saturated rings. The third-order valence-corrected chi connectivity index (χ3v) is 7.43. The molecule has 2 aromatic rings. The number of ketones is 1. The molecule has 174 valence electrons. The number of rotatable bonds is 7. The number of esters is 1. The van der Waals surface area contributed by atoms with Crippen molar-refractivity contribution >= 4 is 45.6 Å². The summed E-state index contributed by atoms with van der Waals surface area (Å²) in [7, 11) is 0. The number of nitrogens with one attached hydrogen (secondary N) is 2. The predicted molar refractivity (Wildman–Crippen MR) is 127 cm³/mol. The van der Waals surface area contributed by atoms with Crippen LogP contribution in [0.3, 0.4) is 0 Å². The molecule has 7 nitrogen and oxygen atoms in total. The van der Waals surface area contributed by atoms with E-state index >= 15 is 0 Å². The van der Waals surface area contributed by atoms with E-state index in [9.17, 15) is 19.2 Å². The van der Waals surface area contributed by atoms with Crippen LogP contribution >= 0.6 is 11.3 Å². The summed E-state index contributed by atoms with van der Waals surface area (Å²) in [6, 6.07) is 6.58. The number of amides is 2. The van der Waals surface area contributed by atoms with E-state index in [0.717, 1.165) is 61.8 Å². The van der Waals surface area contributed by atoms with Gasteiger partial charge >= 0.3 is 5.97 Å². The van der Waals surface area contributed by atoms with E-state index in [4.69, 9.17) is 4.74 Å². The lowest BCUT2D eigenvalue weighted by molar-refractivity contribution is -0.121. The summed E-state index contributed by atoms with van der Waals surface area (Å²) in [5.41, 5.74) is 2.26. The molecule has 4 rings (SSSR count). The van der Waals surface area contributed by atoms with Crippen molar-refractivity contribution in [2.24, 2.45) is 5.92 Å². The van der Waals surface area contributed by atoms with E-state index in [0.29, 0.717) is 21.8 Å². The minimum absolute atomic E-state index is 0.0175. The van der Waals surface area contributed by atoms with Gasteiger partial charge in [-0.25, -0.2) is 4.79 Å². The van der Waals surface area contributed by atoms with Gasteiger partial charge in [0.2, 0.25) is 5.91 Å². The van der Waals surface area contributed by atoms with E-state index in [2.05, 4.69) is 10.6 Å². The number of fused-ring (bicyclic) bond motifs is 1. The Hall–Kier alpha value is -3.00. The Balaban J connectivity index is 1.41. The van der Waals surface area contributed by atoms with Crippen molar-refractivity contribution < 1.29 is 23.9 Å². The quantitative estimate of drug-likeness (QED) is 0.451. The number of ether oxygens (including phenoxy) is 1. The smallest absolute Gasteiger partial charge is 0.341 e. The lowest BCUT2D eigenvalue weighted by Crippen LogP contribution is -2.26. The minimum Gasteiger partial charge on any atom is -0.452 e. The van der Waals surface area contributed by atoms with Crippen molar-refractivity contribution in [3.63, 3.8) is 0 Å². The van der Waals surface area contributed by atoms with Crippen molar-refractivity contribution in [2.45, 2.75) is 58.3 Å². The lowest BCUT2D eigenvalue weighted by Gasteiger charge is -2.20. The van der Waals surface area contributed by atoms with Crippen molar-refractivity contribution in [3.8, 4) is 0 Å². The molecule has 1 saturated carbocycles. The average Bonchev–Trinajstić information content (AvgIpc) is 3.39. The number of thiophene rings is 1. The number of carbonyl (C=O) groups is 4. The Labute approximate surface area is 196 Å². The van der Waals surface area contributed by atoms with Crippen LogP contribution in [0.4, 0.5) is 10.7 Å². The van der Waals surface area contributed by atoms with E-state index in [-0.39, 0.29) is 17.6 Å². The zero-order valence-electron chi connectivity index (χ0n) is 18.7. The second-order valence-electron chi connectivity index (χ2n) is 8.65. The molecular formula is C25H28N2O5S. The van der Waals surface area contributed by atoms with Gasteiger partial charge in [-0.05, 0) is 56.7 Å². The molecule has 2 amide bonds. The van der Waals surface area contributed by atoms with Crippen molar-refractivity contribution in [2.75, 3.05) is 17.2 Å². The Morgan fingerprint density at radius 1 is 1.03 bits per heavy atom. The van der Waals surface area contributed by atoms with E-state index in [1.54, 1.807) is 24.3 Å². The van der Waals surface area contributed by atoms with Gasteiger partial charge in [0.05, 0.1) is 5.56 Å². The first-order chi connectivity index (χ1) is 15.9. The summed E-state index contributed by atoms with van der Waals surface area (Å²) < 4.78 is 5.33. The van der Waals surface area contributed by atoms with Gasteiger partial charge in [0.15, 0.2) is 12.4 Å². The molecule has 1 aromatic carbocycles. The summed E-state index contributed by atoms with van der Waals surface area (Å²) in [5.74, 6) is -1.25. The van der Waals surface area contributed by atoms with Crippen LogP contribution in [0.2, 0.25) is 0 Å². The highest BCUT2D eigenvalue weighted by Crippen LogP contribution is 2.40. The maximum atomic E-state index is 13.0. The molecule has 0 radical (unpaired) electrons. The van der Waals surface area contributed by atoms with Crippen LogP contribution in [0.1, 0.15) is 76.6 Å². The SMILES string of the molecule is CC(=O)c1cccc(NC(=O)COC(=O)c2c(NC(=O)C3CCCCC3)sc3c2CCC3)c1. The van der Waals surface area contributed by atoms with Gasteiger partial charge in [0, 0.05) is 22.0 Å². The fourth-order valence-electron chi connectivity index (χ4n) is 4.50. The first-order valence-corrected chi connectivity index (χ1v) is 12.3. The molecule has 0 aliphatic heterocycles. The summed E-state index contributed by atoms with van der Waals surface area (Å²) in [5, 5.41) is 6.16. The number of Topliss-reactive ketones (excluding diaryl/α,β-unsaturated/α-hetero) is 1. The Bertz CT molecular complexity index is 1080. The number of carbonyl (C=O) groups excluding carboxylic acids is 4. The molecule has 1 aromatic heterocycles. The zero-order chi connectivity index (χ0) is 23.4. The third kappa shape index (κ3) is 5.50. The highest BCUT2D eigenvalue weighted by atomic mass is 32.1.